The molecule has 1 aliphatic rings. The lowest BCUT2D eigenvalue weighted by Crippen LogP contribution is -2.39. The first-order valence-corrected chi connectivity index (χ1v) is 9.70. The van der Waals surface area contributed by atoms with Gasteiger partial charge in [-0.05, 0) is 24.3 Å². The second kappa shape index (κ2) is 6.90. The molecule has 1 aromatic carbocycles. The minimum atomic E-state index is -0.628. The van der Waals surface area contributed by atoms with Gasteiger partial charge in [-0.3, -0.25) is 4.79 Å². The summed E-state index contributed by atoms with van der Waals surface area (Å²) in [7, 11) is 0. The molecular weight excluding hydrogens is 395 g/mol. The molecule has 1 aliphatic heterocycles. The summed E-state index contributed by atoms with van der Waals surface area (Å²) in [5.74, 6) is -0.00235. The fourth-order valence-electron chi connectivity index (χ4n) is 3.37. The number of amides is 1. The van der Waals surface area contributed by atoms with Crippen molar-refractivity contribution in [2.75, 3.05) is 23.8 Å². The highest BCUT2D eigenvalue weighted by Gasteiger charge is 2.26. The van der Waals surface area contributed by atoms with E-state index >= 15 is 0 Å². The number of thiophene rings is 1. The van der Waals surface area contributed by atoms with Gasteiger partial charge in [0, 0.05) is 28.1 Å². The third-order valence-electron chi connectivity index (χ3n) is 4.70. The van der Waals surface area contributed by atoms with E-state index < -0.39 is 5.95 Å². The quantitative estimate of drug-likeness (QED) is 0.384. The van der Waals surface area contributed by atoms with Crippen molar-refractivity contribution in [3.63, 3.8) is 0 Å². The van der Waals surface area contributed by atoms with Gasteiger partial charge in [0.1, 0.15) is 22.8 Å². The number of carbonyl (C=O) groups is 1. The zero-order valence-electron chi connectivity index (χ0n) is 14.9. The molecule has 4 aromatic rings. The number of anilines is 3. The van der Waals surface area contributed by atoms with Crippen molar-refractivity contribution in [1.82, 2.24) is 20.3 Å². The first-order valence-electron chi connectivity index (χ1n) is 8.89. The Morgan fingerprint density at radius 1 is 1.24 bits per heavy atom. The van der Waals surface area contributed by atoms with Crippen LogP contribution in [0.25, 0.3) is 21.0 Å². The van der Waals surface area contributed by atoms with E-state index in [0.717, 1.165) is 33.0 Å². The number of aromatic nitrogens is 3. The Hall–Kier alpha value is -3.37. The van der Waals surface area contributed by atoms with E-state index in [-0.39, 0.29) is 18.6 Å². The Balaban J connectivity index is 1.59. The molecule has 0 spiro atoms. The van der Waals surface area contributed by atoms with Gasteiger partial charge in [0.05, 0.1) is 23.9 Å². The van der Waals surface area contributed by atoms with Crippen LogP contribution in [0.1, 0.15) is 9.67 Å². The van der Waals surface area contributed by atoms with Crippen molar-refractivity contribution in [2.24, 2.45) is 0 Å². The molecule has 1 atom stereocenters. The van der Waals surface area contributed by atoms with Crippen LogP contribution in [0, 0.1) is 5.95 Å². The van der Waals surface area contributed by atoms with Gasteiger partial charge >= 0.3 is 0 Å². The molecule has 0 unspecified atom stereocenters. The number of pyridine rings is 1. The number of nitrogens with one attached hydrogen (secondary N) is 3. The van der Waals surface area contributed by atoms with Gasteiger partial charge in [-0.2, -0.15) is 4.39 Å². The third kappa shape index (κ3) is 3.12. The number of nitrogens with zero attached hydrogens (tertiary/aromatic N) is 3. The van der Waals surface area contributed by atoms with E-state index in [9.17, 15) is 14.3 Å². The van der Waals surface area contributed by atoms with Gasteiger partial charge in [0.2, 0.25) is 5.95 Å². The number of benzene rings is 1. The first kappa shape index (κ1) is 17.7. The Morgan fingerprint density at radius 2 is 2.14 bits per heavy atom. The van der Waals surface area contributed by atoms with E-state index in [4.69, 9.17) is 0 Å². The molecule has 146 valence electrons. The van der Waals surface area contributed by atoms with Crippen LogP contribution in [-0.4, -0.2) is 45.2 Å². The molecule has 29 heavy (non-hydrogen) atoms. The molecule has 0 saturated carbocycles. The molecule has 0 saturated heterocycles. The molecule has 3 aromatic heterocycles. The summed E-state index contributed by atoms with van der Waals surface area (Å²) in [6.07, 6.45) is 1.14. The van der Waals surface area contributed by atoms with Crippen molar-refractivity contribution >= 4 is 55.6 Å². The summed E-state index contributed by atoms with van der Waals surface area (Å²) in [6, 6.07) is 8.34. The topological polar surface area (TPSA) is 112 Å². The van der Waals surface area contributed by atoms with Crippen molar-refractivity contribution in [3.05, 3.63) is 47.5 Å². The lowest BCUT2D eigenvalue weighted by molar-refractivity contribution is 0.0928. The summed E-state index contributed by atoms with van der Waals surface area (Å²) in [6.45, 7) is 0.302. The monoisotopic (exact) mass is 410 g/mol. The van der Waals surface area contributed by atoms with Crippen molar-refractivity contribution in [3.8, 4) is 0 Å². The molecule has 10 heteroatoms. The third-order valence-corrected chi connectivity index (χ3v) is 5.85. The number of carbonyl (C=O) groups excluding carboxylic acids is 1. The van der Waals surface area contributed by atoms with Crippen molar-refractivity contribution in [1.29, 1.82) is 0 Å². The van der Waals surface area contributed by atoms with Gasteiger partial charge in [0.15, 0.2) is 0 Å². The fourth-order valence-corrected chi connectivity index (χ4v) is 4.47. The number of rotatable bonds is 3. The highest BCUT2D eigenvalue weighted by molar-refractivity contribution is 7.21. The number of hydrogen-bond acceptors (Lipinski definition) is 8. The number of aliphatic hydroxyl groups is 1. The summed E-state index contributed by atoms with van der Waals surface area (Å²) < 4.78 is 14.2. The molecule has 8 nitrogen and oxygen atoms in total. The maximum atomic E-state index is 13.3. The Kier molecular flexibility index (Phi) is 4.22. The van der Waals surface area contributed by atoms with Crippen LogP contribution >= 0.6 is 11.3 Å². The highest BCUT2D eigenvalue weighted by atomic mass is 32.1. The number of hydrogen-bond donors (Lipinski definition) is 4. The van der Waals surface area contributed by atoms with Gasteiger partial charge in [-0.15, -0.1) is 11.3 Å². The second-order valence-corrected chi connectivity index (χ2v) is 7.65. The van der Waals surface area contributed by atoms with E-state index in [2.05, 4.69) is 30.9 Å². The Labute approximate surface area is 167 Å². The van der Waals surface area contributed by atoms with Gasteiger partial charge in [-0.25, -0.2) is 15.0 Å². The number of halogens is 1. The summed E-state index contributed by atoms with van der Waals surface area (Å²) >= 11 is 1.40. The lowest BCUT2D eigenvalue weighted by Gasteiger charge is -2.12. The van der Waals surface area contributed by atoms with Crippen LogP contribution in [0.15, 0.2) is 36.7 Å². The largest absolute Gasteiger partial charge is 0.394 e. The van der Waals surface area contributed by atoms with Gasteiger partial charge < -0.3 is 21.1 Å². The lowest BCUT2D eigenvalue weighted by atomic mass is 10.1. The summed E-state index contributed by atoms with van der Waals surface area (Å²) in [4.78, 5) is 25.1. The maximum absolute atomic E-state index is 13.3. The zero-order chi connectivity index (χ0) is 20.0. The fraction of sp³-hybridized carbons (Fsp3) is 0.158. The zero-order valence-corrected chi connectivity index (χ0v) is 15.8. The molecule has 0 radical (unpaired) electrons. The van der Waals surface area contributed by atoms with Crippen LogP contribution in [0.4, 0.5) is 21.7 Å². The summed E-state index contributed by atoms with van der Waals surface area (Å²) in [5, 5.41) is 20.3. The van der Waals surface area contributed by atoms with E-state index in [0.29, 0.717) is 23.1 Å². The molecule has 0 fully saturated rings. The van der Waals surface area contributed by atoms with Crippen molar-refractivity contribution < 1.29 is 14.3 Å². The number of aliphatic hydroxyl groups excluding tert-OH is 1. The minimum Gasteiger partial charge on any atom is -0.394 e. The Bertz CT molecular complexity index is 1260. The van der Waals surface area contributed by atoms with Crippen LogP contribution < -0.4 is 16.0 Å². The molecule has 4 heterocycles. The SMILES string of the molecule is O=C1N[C@@H](CO)CNc2c1sc1ccc3nc(Nc4cc(F)ncn4)ccc3c21. The highest BCUT2D eigenvalue weighted by Crippen LogP contribution is 2.41. The van der Waals surface area contributed by atoms with E-state index in [1.54, 1.807) is 6.07 Å². The summed E-state index contributed by atoms with van der Waals surface area (Å²) in [5.41, 5.74) is 1.48. The van der Waals surface area contributed by atoms with Crippen LogP contribution in [0.5, 0.6) is 0 Å². The van der Waals surface area contributed by atoms with Crippen molar-refractivity contribution in [2.45, 2.75) is 6.04 Å². The normalized spacial score (nSPS) is 16.2. The van der Waals surface area contributed by atoms with Crippen LogP contribution in [-0.2, 0) is 0 Å². The first-order chi connectivity index (χ1) is 14.1. The Morgan fingerprint density at radius 3 is 2.97 bits per heavy atom. The average Bonchev–Trinajstić information content (AvgIpc) is 3.02. The van der Waals surface area contributed by atoms with Crippen LogP contribution in [0.2, 0.25) is 0 Å². The predicted octanol–water partition coefficient (Wildman–Crippen LogP) is 2.64. The van der Waals surface area contributed by atoms with E-state index in [1.807, 2.05) is 18.2 Å². The second-order valence-electron chi connectivity index (χ2n) is 6.59. The van der Waals surface area contributed by atoms with Crippen LogP contribution in [0.3, 0.4) is 0 Å². The van der Waals surface area contributed by atoms with Gasteiger partial charge in [-0.1, -0.05) is 0 Å². The minimum absolute atomic E-state index is 0.132. The number of fused-ring (bicyclic) bond motifs is 5. The smallest absolute Gasteiger partial charge is 0.263 e. The maximum Gasteiger partial charge on any atom is 0.263 e. The molecule has 1 amide bonds. The molecule has 5 rings (SSSR count). The predicted molar refractivity (Wildman–Crippen MR) is 109 cm³/mol. The molecular formula is C19H15FN6O2S. The standard InChI is InChI=1S/C19H15FN6O2S/c20-13-5-15(23-8-22-13)26-14-4-1-10-11(25-14)2-3-12-16(10)17-18(29-12)19(28)24-9(7-27)6-21-17/h1-5,8-9,21,27H,6-7H2,(H,24,28)(H,22,23,25,26)/t9-/m1/s1. The van der Waals surface area contributed by atoms with Gasteiger partial charge in [0.25, 0.3) is 5.91 Å². The molecule has 4 N–H and O–H groups in total. The molecule has 0 aliphatic carbocycles. The van der Waals surface area contributed by atoms with E-state index in [1.165, 1.54) is 17.4 Å². The average molecular weight is 410 g/mol. The molecule has 0 bridgehead atoms.